The van der Waals surface area contributed by atoms with Crippen molar-refractivity contribution in [3.63, 3.8) is 0 Å². The van der Waals surface area contributed by atoms with E-state index in [2.05, 4.69) is 5.32 Å². The van der Waals surface area contributed by atoms with Gasteiger partial charge in [-0.2, -0.15) is 0 Å². The summed E-state index contributed by atoms with van der Waals surface area (Å²) in [4.78, 5) is 11.7. The predicted octanol–water partition coefficient (Wildman–Crippen LogP) is 1.59. The molecule has 0 fully saturated rings. The molecule has 112 valence electrons. The largest absolute Gasteiger partial charge is 0.489 e. The second kappa shape index (κ2) is 8.79. The van der Waals surface area contributed by atoms with Crippen LogP contribution in [-0.4, -0.2) is 38.3 Å². The summed E-state index contributed by atoms with van der Waals surface area (Å²) in [6.07, 6.45) is -0.137. The van der Waals surface area contributed by atoms with Gasteiger partial charge in [-0.3, -0.25) is 4.79 Å². The molecule has 3 N–H and O–H groups in total. The lowest BCUT2D eigenvalue weighted by atomic mass is 10.2. The lowest BCUT2D eigenvalue weighted by Crippen LogP contribution is -2.37. The van der Waals surface area contributed by atoms with Crippen LogP contribution in [0.2, 0.25) is 5.02 Å². The van der Waals surface area contributed by atoms with Gasteiger partial charge in [0.2, 0.25) is 5.91 Å². The van der Waals surface area contributed by atoms with Gasteiger partial charge in [-0.15, -0.1) is 0 Å². The van der Waals surface area contributed by atoms with Crippen LogP contribution < -0.4 is 15.8 Å². The minimum absolute atomic E-state index is 0.103. The minimum Gasteiger partial charge on any atom is -0.489 e. The van der Waals surface area contributed by atoms with E-state index in [1.807, 2.05) is 6.92 Å². The predicted molar refractivity (Wildman–Crippen MR) is 79.0 cm³/mol. The molecule has 0 aromatic heterocycles. The second-order valence-electron chi connectivity index (χ2n) is 4.48. The zero-order valence-electron chi connectivity index (χ0n) is 11.8. The Labute approximate surface area is 124 Å². The van der Waals surface area contributed by atoms with Crippen LogP contribution in [0.3, 0.4) is 0 Å². The number of benzene rings is 1. The molecule has 0 saturated heterocycles. The van der Waals surface area contributed by atoms with Crippen molar-refractivity contribution in [2.24, 2.45) is 5.73 Å². The molecule has 6 heteroatoms. The normalized spacial score (nSPS) is 13.6. The van der Waals surface area contributed by atoms with Gasteiger partial charge in [-0.25, -0.2) is 0 Å². The molecular formula is C14H21ClN2O3. The van der Waals surface area contributed by atoms with Gasteiger partial charge in [-0.05, 0) is 31.2 Å². The van der Waals surface area contributed by atoms with Crippen LogP contribution in [0.4, 0.5) is 0 Å². The van der Waals surface area contributed by atoms with Crippen molar-refractivity contribution in [1.29, 1.82) is 0 Å². The summed E-state index contributed by atoms with van der Waals surface area (Å²) in [5, 5.41) is 3.45. The highest BCUT2D eigenvalue weighted by atomic mass is 35.5. The Morgan fingerprint density at radius 1 is 1.40 bits per heavy atom. The number of halogens is 1. The van der Waals surface area contributed by atoms with Crippen LogP contribution in [0.1, 0.15) is 13.3 Å². The first kappa shape index (κ1) is 16.8. The van der Waals surface area contributed by atoms with Crippen molar-refractivity contribution >= 4 is 17.5 Å². The summed E-state index contributed by atoms with van der Waals surface area (Å²) in [5.41, 5.74) is 5.46. The Morgan fingerprint density at radius 3 is 2.60 bits per heavy atom. The van der Waals surface area contributed by atoms with Crippen molar-refractivity contribution in [3.05, 3.63) is 29.3 Å². The highest BCUT2D eigenvalue weighted by Gasteiger charge is 2.12. The Balaban J connectivity index is 2.30. The van der Waals surface area contributed by atoms with Gasteiger partial charge in [0.15, 0.2) is 0 Å². The topological polar surface area (TPSA) is 73.6 Å². The van der Waals surface area contributed by atoms with Crippen LogP contribution in [0.5, 0.6) is 5.75 Å². The number of carbonyl (C=O) groups excluding carboxylic acids is 1. The fraction of sp³-hybridized carbons (Fsp3) is 0.500. The molecule has 0 aliphatic carbocycles. The summed E-state index contributed by atoms with van der Waals surface area (Å²) in [6, 6.07) is 7.09. The molecule has 1 aromatic carbocycles. The summed E-state index contributed by atoms with van der Waals surface area (Å²) in [5.74, 6) is 0.613. The Kier molecular flexibility index (Phi) is 7.36. The summed E-state index contributed by atoms with van der Waals surface area (Å²) >= 11 is 5.79. The summed E-state index contributed by atoms with van der Waals surface area (Å²) in [7, 11) is 1.54. The van der Waals surface area contributed by atoms with E-state index in [0.29, 0.717) is 23.9 Å². The molecule has 5 nitrogen and oxygen atoms in total. The summed E-state index contributed by atoms with van der Waals surface area (Å²) in [6.45, 7) is 2.62. The molecule has 1 amide bonds. The average Bonchev–Trinajstić information content (AvgIpc) is 2.45. The average molecular weight is 301 g/mol. The number of amides is 1. The van der Waals surface area contributed by atoms with E-state index in [-0.39, 0.29) is 24.5 Å². The third kappa shape index (κ3) is 6.23. The Morgan fingerprint density at radius 2 is 2.05 bits per heavy atom. The van der Waals surface area contributed by atoms with Crippen molar-refractivity contribution in [3.8, 4) is 5.75 Å². The number of carbonyl (C=O) groups is 1. The van der Waals surface area contributed by atoms with Gasteiger partial charge < -0.3 is 20.5 Å². The number of hydrogen-bond acceptors (Lipinski definition) is 4. The maximum absolute atomic E-state index is 11.7. The molecule has 0 aliphatic rings. The number of nitrogens with two attached hydrogens (primary N) is 1. The van der Waals surface area contributed by atoms with Gasteiger partial charge in [0.1, 0.15) is 11.9 Å². The van der Waals surface area contributed by atoms with Gasteiger partial charge in [0.25, 0.3) is 0 Å². The molecule has 1 aromatic rings. The molecule has 0 bridgehead atoms. The standard InChI is InChI=1S/C14H21ClN2O3/c1-10(20-12-5-3-11(15)4-6-12)9-17-14(18)7-13(8-16)19-2/h3-6,10,13H,7-9,16H2,1-2H3,(H,17,18). The van der Waals surface area contributed by atoms with E-state index >= 15 is 0 Å². The third-order valence-corrected chi connectivity index (χ3v) is 3.00. The van der Waals surface area contributed by atoms with Crippen LogP contribution in [0.15, 0.2) is 24.3 Å². The maximum atomic E-state index is 11.7. The summed E-state index contributed by atoms with van der Waals surface area (Å²) < 4.78 is 10.7. The molecule has 0 saturated carbocycles. The number of ether oxygens (including phenoxy) is 2. The van der Waals surface area contributed by atoms with Gasteiger partial charge in [0.05, 0.1) is 19.1 Å². The van der Waals surface area contributed by atoms with E-state index in [4.69, 9.17) is 26.8 Å². The molecule has 20 heavy (non-hydrogen) atoms. The van der Waals surface area contributed by atoms with Gasteiger partial charge in [-0.1, -0.05) is 11.6 Å². The van der Waals surface area contributed by atoms with Crippen molar-refractivity contribution in [1.82, 2.24) is 5.32 Å². The highest BCUT2D eigenvalue weighted by molar-refractivity contribution is 6.30. The van der Waals surface area contributed by atoms with Gasteiger partial charge in [0, 0.05) is 18.7 Å². The van der Waals surface area contributed by atoms with E-state index in [1.165, 1.54) is 7.11 Å². The fourth-order valence-electron chi connectivity index (χ4n) is 1.59. The molecule has 0 heterocycles. The molecule has 0 spiro atoms. The SMILES string of the molecule is COC(CN)CC(=O)NCC(C)Oc1ccc(Cl)cc1. The molecule has 0 radical (unpaired) electrons. The van der Waals surface area contributed by atoms with E-state index < -0.39 is 0 Å². The van der Waals surface area contributed by atoms with E-state index in [0.717, 1.165) is 0 Å². The monoisotopic (exact) mass is 300 g/mol. The lowest BCUT2D eigenvalue weighted by molar-refractivity contribution is -0.123. The van der Waals surface area contributed by atoms with Gasteiger partial charge >= 0.3 is 0 Å². The molecule has 1 rings (SSSR count). The maximum Gasteiger partial charge on any atom is 0.222 e. The van der Waals surface area contributed by atoms with Crippen LogP contribution in [-0.2, 0) is 9.53 Å². The third-order valence-electron chi connectivity index (χ3n) is 2.75. The van der Waals surface area contributed by atoms with Crippen LogP contribution >= 0.6 is 11.6 Å². The number of methoxy groups -OCH3 is 1. The quantitative estimate of drug-likeness (QED) is 0.764. The van der Waals surface area contributed by atoms with Crippen molar-refractivity contribution < 1.29 is 14.3 Å². The number of nitrogens with one attached hydrogen (secondary N) is 1. The van der Waals surface area contributed by atoms with Crippen molar-refractivity contribution in [2.75, 3.05) is 20.2 Å². The first-order valence-corrected chi connectivity index (χ1v) is 6.84. The van der Waals surface area contributed by atoms with Crippen LogP contribution in [0.25, 0.3) is 0 Å². The molecule has 0 aliphatic heterocycles. The number of hydrogen-bond donors (Lipinski definition) is 2. The Hall–Kier alpha value is -1.30. The van der Waals surface area contributed by atoms with Crippen LogP contribution in [0, 0.1) is 0 Å². The zero-order chi connectivity index (χ0) is 15.0. The smallest absolute Gasteiger partial charge is 0.222 e. The van der Waals surface area contributed by atoms with Crippen molar-refractivity contribution in [2.45, 2.75) is 25.6 Å². The minimum atomic E-state index is -0.248. The lowest BCUT2D eigenvalue weighted by Gasteiger charge is -2.17. The molecule has 2 unspecified atom stereocenters. The second-order valence-corrected chi connectivity index (χ2v) is 4.92. The van der Waals surface area contributed by atoms with E-state index in [1.54, 1.807) is 24.3 Å². The zero-order valence-corrected chi connectivity index (χ0v) is 12.5. The Bertz CT molecular complexity index is 407. The number of rotatable bonds is 8. The first-order chi connectivity index (χ1) is 9.55. The van der Waals surface area contributed by atoms with E-state index in [9.17, 15) is 4.79 Å². The molecule has 2 atom stereocenters. The fourth-order valence-corrected chi connectivity index (χ4v) is 1.71. The highest BCUT2D eigenvalue weighted by Crippen LogP contribution is 2.16. The molecular weight excluding hydrogens is 280 g/mol. The first-order valence-electron chi connectivity index (χ1n) is 6.47.